The van der Waals surface area contributed by atoms with Gasteiger partial charge in [0.05, 0.1) is 0 Å². The monoisotopic (exact) mass is 364 g/mol. The van der Waals surface area contributed by atoms with E-state index in [-0.39, 0.29) is 30.5 Å². The Balaban J connectivity index is 2.46. The smallest absolute Gasteiger partial charge is 0.364 e. The van der Waals surface area contributed by atoms with E-state index < -0.39 is 11.8 Å². The van der Waals surface area contributed by atoms with E-state index in [2.05, 4.69) is 38.2 Å². The van der Waals surface area contributed by atoms with Gasteiger partial charge in [0.15, 0.2) is 0 Å². The highest BCUT2D eigenvalue weighted by molar-refractivity contribution is 5.83. The van der Waals surface area contributed by atoms with Crippen LogP contribution in [0, 0.1) is 17.8 Å². The summed E-state index contributed by atoms with van der Waals surface area (Å²) in [7, 11) is 0. The molecule has 1 aliphatic carbocycles. The van der Waals surface area contributed by atoms with Crippen LogP contribution in [-0.4, -0.2) is 32.9 Å². The van der Waals surface area contributed by atoms with Crippen LogP contribution in [-0.2, 0) is 9.59 Å². The van der Waals surface area contributed by atoms with Gasteiger partial charge in [-0.1, -0.05) is 50.3 Å². The fourth-order valence-corrected chi connectivity index (χ4v) is 3.14. The number of hydrogen-bond acceptors (Lipinski definition) is 4. The van der Waals surface area contributed by atoms with Crippen LogP contribution in [0.2, 0.25) is 0 Å². The molecule has 3 N–H and O–H groups in total. The minimum absolute atomic E-state index is 0.0310. The molecule has 1 aliphatic rings. The van der Waals surface area contributed by atoms with Gasteiger partial charge in [0.25, 0.3) is 5.79 Å². The molecule has 1 rings (SSSR count). The highest BCUT2D eigenvalue weighted by Gasteiger charge is 2.32. The van der Waals surface area contributed by atoms with Crippen molar-refractivity contribution in [3.05, 3.63) is 36.5 Å². The van der Waals surface area contributed by atoms with Crippen LogP contribution < -0.4 is 0 Å². The molecule has 26 heavy (non-hydrogen) atoms. The van der Waals surface area contributed by atoms with E-state index in [9.17, 15) is 19.8 Å². The maximum atomic E-state index is 12.1. The number of allylic oxidation sites excluding steroid dienone is 6. The maximum Gasteiger partial charge on any atom is 0.364 e. The summed E-state index contributed by atoms with van der Waals surface area (Å²) < 4.78 is 0. The summed E-state index contributed by atoms with van der Waals surface area (Å²) in [6.45, 7) is 4.29. The number of rotatable bonds is 11. The van der Waals surface area contributed by atoms with Crippen LogP contribution in [0.25, 0.3) is 0 Å². The fraction of sp³-hybridized carbons (Fsp3) is 0.619. The number of aliphatic carboxylic acids is 1. The molecular weight excluding hydrogens is 332 g/mol. The van der Waals surface area contributed by atoms with Gasteiger partial charge in [0.1, 0.15) is 5.78 Å². The molecule has 146 valence electrons. The van der Waals surface area contributed by atoms with E-state index in [0.717, 1.165) is 19.3 Å². The first-order chi connectivity index (χ1) is 12.3. The van der Waals surface area contributed by atoms with Crippen molar-refractivity contribution in [2.75, 3.05) is 0 Å². The molecule has 0 aromatic rings. The van der Waals surface area contributed by atoms with E-state index >= 15 is 0 Å². The third kappa shape index (κ3) is 7.67. The normalized spacial score (nSPS) is 22.8. The van der Waals surface area contributed by atoms with E-state index in [1.54, 1.807) is 6.08 Å². The van der Waals surface area contributed by atoms with Crippen molar-refractivity contribution in [3.8, 4) is 0 Å². The topological polar surface area (TPSA) is 94.8 Å². The minimum atomic E-state index is -2.69. The van der Waals surface area contributed by atoms with Gasteiger partial charge in [-0.15, -0.1) is 0 Å². The van der Waals surface area contributed by atoms with E-state index in [4.69, 9.17) is 5.11 Å². The van der Waals surface area contributed by atoms with E-state index in [1.165, 1.54) is 0 Å². The van der Waals surface area contributed by atoms with Crippen molar-refractivity contribution >= 4 is 11.8 Å². The molecule has 0 saturated heterocycles. The highest BCUT2D eigenvalue weighted by Crippen LogP contribution is 2.33. The van der Waals surface area contributed by atoms with Crippen LogP contribution in [0.5, 0.6) is 0 Å². The van der Waals surface area contributed by atoms with Gasteiger partial charge in [-0.05, 0) is 43.9 Å². The first-order valence-corrected chi connectivity index (χ1v) is 9.47. The Kier molecular flexibility index (Phi) is 9.52. The first kappa shape index (κ1) is 22.3. The largest absolute Gasteiger partial charge is 0.477 e. The number of carbonyl (C=O) groups excluding carboxylic acids is 1. The predicted octanol–water partition coefficient (Wildman–Crippen LogP) is 3.62. The SMILES string of the molecule is CC/C=C/[C@@H](C)C/C=C/[C@H]1CCC(=O)[C@@H]1C/C=C\CCC(O)(O)C(=O)O. The standard InChI is InChI=1S/C21H32O5/c1-3-4-9-16(2)10-8-11-17-13-14-19(22)18(17)12-6-5-7-15-21(25,26)20(23)24/h4-6,8-9,11,16-18,25-26H,3,7,10,12-15H2,1-2H3,(H,23,24)/b6-5-,9-4+,11-8+/t16-,17+,18-/m1/s1. The second kappa shape index (κ2) is 11.1. The number of hydrogen-bond donors (Lipinski definition) is 3. The summed E-state index contributed by atoms with van der Waals surface area (Å²) in [5, 5.41) is 27.1. The van der Waals surface area contributed by atoms with Gasteiger partial charge >= 0.3 is 5.97 Å². The van der Waals surface area contributed by atoms with Crippen LogP contribution >= 0.6 is 0 Å². The summed E-state index contributed by atoms with van der Waals surface area (Å²) >= 11 is 0. The van der Waals surface area contributed by atoms with Crippen LogP contribution in [0.15, 0.2) is 36.5 Å². The summed E-state index contributed by atoms with van der Waals surface area (Å²) in [4.78, 5) is 22.7. The van der Waals surface area contributed by atoms with Crippen LogP contribution in [0.1, 0.15) is 58.8 Å². The Hall–Kier alpha value is -1.72. The molecule has 1 saturated carbocycles. The molecule has 3 atom stereocenters. The quantitative estimate of drug-likeness (QED) is 0.384. The summed E-state index contributed by atoms with van der Waals surface area (Å²) in [5.74, 6) is -3.35. The molecule has 0 aliphatic heterocycles. The lowest BCUT2D eigenvalue weighted by Crippen LogP contribution is -2.37. The number of carbonyl (C=O) groups is 2. The van der Waals surface area contributed by atoms with Gasteiger partial charge < -0.3 is 15.3 Å². The summed E-state index contributed by atoms with van der Waals surface area (Å²) in [6, 6.07) is 0. The molecule has 0 aromatic carbocycles. The summed E-state index contributed by atoms with van der Waals surface area (Å²) in [6.07, 6.45) is 16.3. The third-order valence-corrected chi connectivity index (χ3v) is 4.80. The molecule has 5 heteroatoms. The zero-order valence-electron chi connectivity index (χ0n) is 15.8. The second-order valence-corrected chi connectivity index (χ2v) is 7.12. The van der Waals surface area contributed by atoms with Crippen molar-refractivity contribution in [1.82, 2.24) is 0 Å². The van der Waals surface area contributed by atoms with E-state index in [0.29, 0.717) is 18.8 Å². The number of Topliss-reactive ketones (excluding diaryl/α,β-unsaturated/α-hetero) is 1. The van der Waals surface area contributed by atoms with Gasteiger partial charge in [0, 0.05) is 18.8 Å². The number of carboxylic acids is 1. The molecule has 0 amide bonds. The molecule has 0 radical (unpaired) electrons. The van der Waals surface area contributed by atoms with Crippen molar-refractivity contribution < 1.29 is 24.9 Å². The zero-order valence-corrected chi connectivity index (χ0v) is 15.8. The fourth-order valence-electron chi connectivity index (χ4n) is 3.14. The number of ketones is 1. The molecule has 0 bridgehead atoms. The maximum absolute atomic E-state index is 12.1. The average Bonchev–Trinajstić information content (AvgIpc) is 2.92. The lowest BCUT2D eigenvalue weighted by molar-refractivity contribution is -0.205. The minimum Gasteiger partial charge on any atom is -0.477 e. The Bertz CT molecular complexity index is 545. The highest BCUT2D eigenvalue weighted by atomic mass is 16.5. The van der Waals surface area contributed by atoms with E-state index in [1.807, 2.05) is 6.08 Å². The second-order valence-electron chi connectivity index (χ2n) is 7.12. The van der Waals surface area contributed by atoms with Crippen molar-refractivity contribution in [3.63, 3.8) is 0 Å². The third-order valence-electron chi connectivity index (χ3n) is 4.80. The van der Waals surface area contributed by atoms with Crippen LogP contribution in [0.3, 0.4) is 0 Å². The van der Waals surface area contributed by atoms with Gasteiger partial charge in [-0.25, -0.2) is 4.79 Å². The Morgan fingerprint density at radius 1 is 1.27 bits per heavy atom. The molecule has 0 spiro atoms. The Morgan fingerprint density at radius 3 is 2.65 bits per heavy atom. The van der Waals surface area contributed by atoms with Gasteiger partial charge in [-0.2, -0.15) is 0 Å². The molecule has 0 unspecified atom stereocenters. The number of aliphatic hydroxyl groups is 2. The molecule has 5 nitrogen and oxygen atoms in total. The molecule has 0 heterocycles. The number of carboxylic acid groups (broad SMARTS) is 1. The Morgan fingerprint density at radius 2 is 2.00 bits per heavy atom. The average molecular weight is 364 g/mol. The van der Waals surface area contributed by atoms with Gasteiger partial charge in [-0.3, -0.25) is 4.79 Å². The lowest BCUT2D eigenvalue weighted by atomic mass is 9.91. The van der Waals surface area contributed by atoms with Crippen LogP contribution in [0.4, 0.5) is 0 Å². The molecular formula is C21H32O5. The van der Waals surface area contributed by atoms with Crippen molar-refractivity contribution in [2.24, 2.45) is 17.8 Å². The van der Waals surface area contributed by atoms with Crippen molar-refractivity contribution in [1.29, 1.82) is 0 Å². The summed E-state index contributed by atoms with van der Waals surface area (Å²) in [5.41, 5.74) is 0. The van der Waals surface area contributed by atoms with Crippen molar-refractivity contribution in [2.45, 2.75) is 64.6 Å². The Labute approximate surface area is 156 Å². The molecule has 0 aromatic heterocycles. The molecule has 1 fully saturated rings. The predicted molar refractivity (Wildman–Crippen MR) is 101 cm³/mol. The first-order valence-electron chi connectivity index (χ1n) is 9.47. The lowest BCUT2D eigenvalue weighted by Gasteiger charge is -2.15. The zero-order chi connectivity index (χ0) is 19.6. The van der Waals surface area contributed by atoms with Gasteiger partial charge in [0.2, 0.25) is 0 Å².